The first-order chi connectivity index (χ1) is 7.22. The maximum Gasteiger partial charge on any atom is 0.155 e. The lowest BCUT2D eigenvalue weighted by molar-refractivity contribution is 0.753. The van der Waals surface area contributed by atoms with Crippen LogP contribution < -0.4 is 5.32 Å². The maximum atomic E-state index is 6.01. The minimum absolute atomic E-state index is 0.526. The van der Waals surface area contributed by atoms with Crippen molar-refractivity contribution >= 4 is 28.7 Å². The summed E-state index contributed by atoms with van der Waals surface area (Å²) >= 11 is 11.9. The van der Waals surface area contributed by atoms with Gasteiger partial charge < -0.3 is 9.72 Å². The molecule has 2 rings (SSSR count). The van der Waals surface area contributed by atoms with Crippen LogP contribution in [0.25, 0.3) is 5.52 Å². The SMILES string of the molecule is CNCCc1nc(Cl)c2ccc(Cl)cn12. The normalized spacial score (nSPS) is 11.1. The Morgan fingerprint density at radius 3 is 2.93 bits per heavy atom. The van der Waals surface area contributed by atoms with Gasteiger partial charge in [-0.05, 0) is 19.2 Å². The van der Waals surface area contributed by atoms with Crippen molar-refractivity contribution in [3.63, 3.8) is 0 Å². The van der Waals surface area contributed by atoms with Crippen LogP contribution in [0.15, 0.2) is 18.3 Å². The molecule has 0 fully saturated rings. The summed E-state index contributed by atoms with van der Waals surface area (Å²) in [6.07, 6.45) is 2.66. The van der Waals surface area contributed by atoms with Gasteiger partial charge in [-0.3, -0.25) is 0 Å². The highest BCUT2D eigenvalue weighted by Gasteiger charge is 2.08. The van der Waals surface area contributed by atoms with E-state index in [2.05, 4.69) is 10.3 Å². The van der Waals surface area contributed by atoms with E-state index in [4.69, 9.17) is 23.2 Å². The molecule has 0 unspecified atom stereocenters. The molecule has 2 heterocycles. The van der Waals surface area contributed by atoms with Crippen molar-refractivity contribution in [1.82, 2.24) is 14.7 Å². The lowest BCUT2D eigenvalue weighted by Gasteiger charge is -2.00. The molecular formula is C10H11Cl2N3. The first-order valence-electron chi connectivity index (χ1n) is 4.69. The van der Waals surface area contributed by atoms with Gasteiger partial charge in [0.25, 0.3) is 0 Å². The van der Waals surface area contributed by atoms with Crippen molar-refractivity contribution in [1.29, 1.82) is 0 Å². The van der Waals surface area contributed by atoms with Crippen LogP contribution in [0.5, 0.6) is 0 Å². The molecule has 0 amide bonds. The zero-order chi connectivity index (χ0) is 10.8. The summed E-state index contributed by atoms with van der Waals surface area (Å²) in [6.45, 7) is 0.863. The molecule has 0 aliphatic carbocycles. The molecule has 0 aromatic carbocycles. The van der Waals surface area contributed by atoms with Gasteiger partial charge in [0, 0.05) is 19.2 Å². The molecule has 1 N–H and O–H groups in total. The smallest absolute Gasteiger partial charge is 0.155 e. The van der Waals surface area contributed by atoms with Crippen LogP contribution in [-0.4, -0.2) is 23.0 Å². The van der Waals surface area contributed by atoms with Crippen LogP contribution in [0.4, 0.5) is 0 Å². The number of aromatic nitrogens is 2. The number of hydrogen-bond acceptors (Lipinski definition) is 2. The van der Waals surface area contributed by atoms with Gasteiger partial charge in [0.15, 0.2) is 5.15 Å². The second-order valence-corrected chi connectivity index (χ2v) is 4.07. The van der Waals surface area contributed by atoms with Gasteiger partial charge in [-0.25, -0.2) is 4.98 Å². The highest BCUT2D eigenvalue weighted by molar-refractivity contribution is 6.33. The Kier molecular flexibility index (Phi) is 3.14. The molecule has 0 spiro atoms. The molecule has 0 radical (unpaired) electrons. The Morgan fingerprint density at radius 1 is 1.40 bits per heavy atom. The van der Waals surface area contributed by atoms with E-state index in [1.807, 2.05) is 29.8 Å². The Bertz CT molecular complexity index is 479. The van der Waals surface area contributed by atoms with E-state index >= 15 is 0 Å². The number of nitrogens with zero attached hydrogens (tertiary/aromatic N) is 2. The first-order valence-corrected chi connectivity index (χ1v) is 5.44. The summed E-state index contributed by atoms with van der Waals surface area (Å²) in [5.41, 5.74) is 0.896. The molecule has 5 heteroatoms. The Hall–Kier alpha value is -0.770. The predicted molar refractivity (Wildman–Crippen MR) is 62.8 cm³/mol. The quantitative estimate of drug-likeness (QED) is 0.898. The van der Waals surface area contributed by atoms with Crippen LogP contribution in [0.3, 0.4) is 0 Å². The number of likely N-dealkylation sites (N-methyl/N-ethyl adjacent to an activating group) is 1. The number of halogens is 2. The second-order valence-electron chi connectivity index (χ2n) is 3.27. The van der Waals surface area contributed by atoms with Gasteiger partial charge in [0.05, 0.1) is 10.5 Å². The fourth-order valence-corrected chi connectivity index (χ4v) is 1.91. The van der Waals surface area contributed by atoms with Crippen molar-refractivity contribution in [3.05, 3.63) is 34.3 Å². The van der Waals surface area contributed by atoms with E-state index in [0.717, 1.165) is 24.3 Å². The van der Waals surface area contributed by atoms with E-state index in [0.29, 0.717) is 10.2 Å². The molecule has 80 valence electrons. The third-order valence-electron chi connectivity index (χ3n) is 2.23. The molecule has 3 nitrogen and oxygen atoms in total. The maximum absolute atomic E-state index is 6.01. The molecule has 15 heavy (non-hydrogen) atoms. The minimum atomic E-state index is 0.526. The topological polar surface area (TPSA) is 29.3 Å². The average molecular weight is 244 g/mol. The molecule has 0 aliphatic rings. The van der Waals surface area contributed by atoms with Gasteiger partial charge in [0.2, 0.25) is 0 Å². The molecule has 2 aromatic heterocycles. The average Bonchev–Trinajstić information content (AvgIpc) is 2.52. The van der Waals surface area contributed by atoms with Crippen molar-refractivity contribution in [3.8, 4) is 0 Å². The van der Waals surface area contributed by atoms with Gasteiger partial charge in [-0.2, -0.15) is 0 Å². The Morgan fingerprint density at radius 2 is 2.20 bits per heavy atom. The summed E-state index contributed by atoms with van der Waals surface area (Å²) < 4.78 is 1.93. The number of nitrogens with one attached hydrogen (secondary N) is 1. The third-order valence-corrected chi connectivity index (χ3v) is 2.73. The Labute approximate surface area is 98.0 Å². The third kappa shape index (κ3) is 2.09. The van der Waals surface area contributed by atoms with Crippen molar-refractivity contribution in [2.75, 3.05) is 13.6 Å². The van der Waals surface area contributed by atoms with E-state index in [1.54, 1.807) is 0 Å². The summed E-state index contributed by atoms with van der Waals surface area (Å²) in [4.78, 5) is 4.30. The molecule has 2 aromatic rings. The van der Waals surface area contributed by atoms with Crippen molar-refractivity contribution in [2.24, 2.45) is 0 Å². The zero-order valence-corrected chi connectivity index (χ0v) is 9.81. The molecule has 0 saturated carbocycles. The van der Waals surface area contributed by atoms with E-state index in [-0.39, 0.29) is 0 Å². The van der Waals surface area contributed by atoms with Gasteiger partial charge >= 0.3 is 0 Å². The summed E-state index contributed by atoms with van der Waals surface area (Å²) in [7, 11) is 1.91. The first kappa shape index (κ1) is 10.7. The summed E-state index contributed by atoms with van der Waals surface area (Å²) in [6, 6.07) is 3.69. The lowest BCUT2D eigenvalue weighted by atomic mass is 10.4. The second kappa shape index (κ2) is 4.39. The minimum Gasteiger partial charge on any atom is -0.319 e. The highest BCUT2D eigenvalue weighted by atomic mass is 35.5. The molecule has 0 bridgehead atoms. The fourth-order valence-electron chi connectivity index (χ4n) is 1.49. The summed E-state index contributed by atoms with van der Waals surface area (Å²) in [5, 5.41) is 4.28. The monoisotopic (exact) mass is 243 g/mol. The van der Waals surface area contributed by atoms with Crippen molar-refractivity contribution in [2.45, 2.75) is 6.42 Å². The van der Waals surface area contributed by atoms with Crippen LogP contribution >= 0.6 is 23.2 Å². The number of imidazole rings is 1. The predicted octanol–water partition coefficient (Wildman–Crippen LogP) is 2.40. The molecular weight excluding hydrogens is 233 g/mol. The van der Waals surface area contributed by atoms with E-state index in [9.17, 15) is 0 Å². The largest absolute Gasteiger partial charge is 0.319 e. The van der Waals surface area contributed by atoms with Crippen LogP contribution in [0.2, 0.25) is 10.2 Å². The standard InChI is InChI=1S/C10H11Cl2N3/c1-13-5-4-9-14-10(12)8-3-2-7(11)6-15(8)9/h2-3,6,13H,4-5H2,1H3. The van der Waals surface area contributed by atoms with Gasteiger partial charge in [0.1, 0.15) is 5.82 Å². The van der Waals surface area contributed by atoms with Crippen LogP contribution in [0, 0.1) is 0 Å². The molecule has 0 aliphatic heterocycles. The van der Waals surface area contributed by atoms with Crippen LogP contribution in [-0.2, 0) is 6.42 Å². The van der Waals surface area contributed by atoms with E-state index < -0.39 is 0 Å². The van der Waals surface area contributed by atoms with Crippen LogP contribution in [0.1, 0.15) is 5.82 Å². The zero-order valence-electron chi connectivity index (χ0n) is 8.30. The van der Waals surface area contributed by atoms with E-state index in [1.165, 1.54) is 0 Å². The summed E-state index contributed by atoms with van der Waals surface area (Å²) in [5.74, 6) is 0.923. The van der Waals surface area contributed by atoms with Gasteiger partial charge in [-0.15, -0.1) is 0 Å². The molecule has 0 saturated heterocycles. The number of pyridine rings is 1. The Balaban J connectivity index is 2.49. The fraction of sp³-hybridized carbons (Fsp3) is 0.300. The lowest BCUT2D eigenvalue weighted by Crippen LogP contribution is -2.12. The number of fused-ring (bicyclic) bond motifs is 1. The number of rotatable bonds is 3. The highest BCUT2D eigenvalue weighted by Crippen LogP contribution is 2.21. The van der Waals surface area contributed by atoms with Crippen molar-refractivity contribution < 1.29 is 0 Å². The molecule has 0 atom stereocenters. The van der Waals surface area contributed by atoms with Gasteiger partial charge in [-0.1, -0.05) is 23.2 Å². The number of hydrogen-bond donors (Lipinski definition) is 1.